The van der Waals surface area contributed by atoms with Crippen LogP contribution in [0.3, 0.4) is 0 Å². The fourth-order valence-electron chi connectivity index (χ4n) is 3.34. The third kappa shape index (κ3) is 2.40. The number of ether oxygens (including phenoxy) is 2. The minimum atomic E-state index is -0.340. The Morgan fingerprint density at radius 1 is 1.19 bits per heavy atom. The van der Waals surface area contributed by atoms with Gasteiger partial charge in [0.25, 0.3) is 0 Å². The van der Waals surface area contributed by atoms with E-state index < -0.39 is 0 Å². The number of amides is 1. The van der Waals surface area contributed by atoms with Crippen LogP contribution >= 0.6 is 0 Å². The molecule has 0 saturated carbocycles. The van der Waals surface area contributed by atoms with Gasteiger partial charge in [0.15, 0.2) is 17.1 Å². The number of carbonyl (C=O) groups excluding carboxylic acids is 1. The van der Waals surface area contributed by atoms with Gasteiger partial charge in [-0.3, -0.25) is 4.79 Å². The number of aryl methyl sites for hydroxylation is 1. The van der Waals surface area contributed by atoms with E-state index in [-0.39, 0.29) is 24.9 Å². The summed E-state index contributed by atoms with van der Waals surface area (Å²) in [5.41, 5.74) is 1.73. The zero-order chi connectivity index (χ0) is 18.4. The molecule has 8 heteroatoms. The van der Waals surface area contributed by atoms with Crippen LogP contribution in [0, 0.1) is 6.92 Å². The molecule has 8 nitrogen and oxygen atoms in total. The zero-order valence-corrected chi connectivity index (χ0v) is 15.0. The van der Waals surface area contributed by atoms with Gasteiger partial charge in [-0.15, -0.1) is 5.10 Å². The predicted octanol–water partition coefficient (Wildman–Crippen LogP) is 1.55. The number of hydrogen-bond donors (Lipinski definition) is 0. The summed E-state index contributed by atoms with van der Waals surface area (Å²) in [6.45, 7) is 7.00. The van der Waals surface area contributed by atoms with Crippen LogP contribution in [-0.4, -0.2) is 44.9 Å². The van der Waals surface area contributed by atoms with Crippen LogP contribution in [-0.2, 0) is 11.3 Å². The minimum absolute atomic E-state index is 0.0757. The van der Waals surface area contributed by atoms with E-state index in [1.165, 1.54) is 9.08 Å². The number of benzene rings is 1. The van der Waals surface area contributed by atoms with Crippen molar-refractivity contribution in [2.75, 3.05) is 19.9 Å². The number of likely N-dealkylation sites (N-methyl/N-ethyl adjacent to an activating group) is 1. The number of aromatic nitrogens is 3. The summed E-state index contributed by atoms with van der Waals surface area (Å²) in [4.78, 5) is 27.0. The fraction of sp³-hybridized carbons (Fsp3) is 0.389. The quantitative estimate of drug-likeness (QED) is 0.709. The maximum absolute atomic E-state index is 13.0. The number of nitrogens with zero attached hydrogens (tertiary/aromatic N) is 4. The van der Waals surface area contributed by atoms with Gasteiger partial charge in [-0.05, 0) is 38.5 Å². The highest BCUT2D eigenvalue weighted by Gasteiger charge is 2.20. The number of rotatable bonds is 4. The van der Waals surface area contributed by atoms with E-state index in [0.717, 1.165) is 10.9 Å². The molecule has 1 aliphatic heterocycles. The Balaban J connectivity index is 1.89. The lowest BCUT2D eigenvalue weighted by molar-refractivity contribution is -0.131. The molecule has 0 saturated heterocycles. The summed E-state index contributed by atoms with van der Waals surface area (Å²) >= 11 is 0. The Morgan fingerprint density at radius 2 is 1.88 bits per heavy atom. The lowest BCUT2D eigenvalue weighted by Gasteiger charge is -2.17. The van der Waals surface area contributed by atoms with Crippen molar-refractivity contribution in [2.24, 2.45) is 0 Å². The SMILES string of the molecule is CCN(CC)C(=O)Cn1nc2c(C)cc3cc4c(cc3n2c1=O)OCO4. The second kappa shape index (κ2) is 6.05. The first-order valence-corrected chi connectivity index (χ1v) is 8.63. The van der Waals surface area contributed by atoms with Gasteiger partial charge < -0.3 is 14.4 Å². The Morgan fingerprint density at radius 3 is 2.58 bits per heavy atom. The van der Waals surface area contributed by atoms with Gasteiger partial charge in [0, 0.05) is 24.5 Å². The van der Waals surface area contributed by atoms with Crippen LogP contribution in [0.1, 0.15) is 19.4 Å². The molecule has 0 unspecified atom stereocenters. The van der Waals surface area contributed by atoms with Gasteiger partial charge in [0.1, 0.15) is 6.54 Å². The summed E-state index contributed by atoms with van der Waals surface area (Å²) in [6.07, 6.45) is 0. The molecule has 26 heavy (non-hydrogen) atoms. The molecular weight excluding hydrogens is 336 g/mol. The minimum Gasteiger partial charge on any atom is -0.454 e. The standard InChI is InChI=1S/C18H20N4O4/c1-4-20(5-2)16(23)9-21-18(24)22-13-8-15-14(25-10-26-15)7-12(13)6-11(3)17(22)19-21/h6-8H,4-5,9-10H2,1-3H3. The summed E-state index contributed by atoms with van der Waals surface area (Å²) in [5.74, 6) is 1.13. The van der Waals surface area contributed by atoms with E-state index in [9.17, 15) is 9.59 Å². The number of fused-ring (bicyclic) bond motifs is 4. The van der Waals surface area contributed by atoms with Crippen LogP contribution in [0.4, 0.5) is 0 Å². The van der Waals surface area contributed by atoms with E-state index in [4.69, 9.17) is 9.47 Å². The van der Waals surface area contributed by atoms with Crippen LogP contribution in [0.5, 0.6) is 11.5 Å². The molecule has 136 valence electrons. The zero-order valence-electron chi connectivity index (χ0n) is 15.0. The van der Waals surface area contributed by atoms with Crippen LogP contribution in [0.2, 0.25) is 0 Å². The maximum atomic E-state index is 13.0. The van der Waals surface area contributed by atoms with Crippen molar-refractivity contribution < 1.29 is 14.3 Å². The number of pyridine rings is 1. The van der Waals surface area contributed by atoms with Crippen molar-refractivity contribution >= 4 is 22.5 Å². The van der Waals surface area contributed by atoms with Gasteiger partial charge in [-0.2, -0.15) is 0 Å². The summed E-state index contributed by atoms with van der Waals surface area (Å²) in [7, 11) is 0. The second-order valence-electron chi connectivity index (χ2n) is 6.26. The molecule has 0 fully saturated rings. The highest BCUT2D eigenvalue weighted by Crippen LogP contribution is 2.36. The Kier molecular flexibility index (Phi) is 3.82. The topological polar surface area (TPSA) is 78.1 Å². The molecular formula is C18H20N4O4. The van der Waals surface area contributed by atoms with E-state index in [2.05, 4.69) is 5.10 Å². The summed E-state index contributed by atoms with van der Waals surface area (Å²) in [6, 6.07) is 5.59. The van der Waals surface area contributed by atoms with Gasteiger partial charge in [0.05, 0.1) is 5.52 Å². The van der Waals surface area contributed by atoms with Gasteiger partial charge in [-0.25, -0.2) is 13.9 Å². The molecule has 1 aromatic carbocycles. The highest BCUT2D eigenvalue weighted by atomic mass is 16.7. The van der Waals surface area contributed by atoms with Crippen molar-refractivity contribution in [3.63, 3.8) is 0 Å². The van der Waals surface area contributed by atoms with E-state index in [0.29, 0.717) is 35.8 Å². The monoisotopic (exact) mass is 356 g/mol. The molecule has 0 aliphatic carbocycles. The third-order valence-corrected chi connectivity index (χ3v) is 4.73. The Labute approximate surface area is 149 Å². The average Bonchev–Trinajstić information content (AvgIpc) is 3.20. The third-order valence-electron chi connectivity index (χ3n) is 4.73. The average molecular weight is 356 g/mol. The number of carbonyl (C=O) groups is 1. The molecule has 4 rings (SSSR count). The van der Waals surface area contributed by atoms with Gasteiger partial charge in [-0.1, -0.05) is 0 Å². The Bertz CT molecular complexity index is 1080. The summed E-state index contributed by atoms with van der Waals surface area (Å²) < 4.78 is 13.6. The van der Waals surface area contributed by atoms with Gasteiger partial charge in [0.2, 0.25) is 12.7 Å². The van der Waals surface area contributed by atoms with Crippen LogP contribution < -0.4 is 15.2 Å². The molecule has 3 aromatic rings. The Hall–Kier alpha value is -3.03. The van der Waals surface area contributed by atoms with E-state index >= 15 is 0 Å². The molecule has 0 atom stereocenters. The van der Waals surface area contributed by atoms with Crippen LogP contribution in [0.15, 0.2) is 23.0 Å². The first-order chi connectivity index (χ1) is 12.5. The van der Waals surface area contributed by atoms with E-state index in [1.54, 1.807) is 11.0 Å². The second-order valence-corrected chi connectivity index (χ2v) is 6.26. The molecule has 0 N–H and O–H groups in total. The first kappa shape index (κ1) is 16.4. The lowest BCUT2D eigenvalue weighted by atomic mass is 10.1. The molecule has 0 bridgehead atoms. The molecule has 1 amide bonds. The van der Waals surface area contributed by atoms with E-state index in [1.807, 2.05) is 32.9 Å². The maximum Gasteiger partial charge on any atom is 0.351 e. The predicted molar refractivity (Wildman–Crippen MR) is 95.7 cm³/mol. The molecule has 3 heterocycles. The first-order valence-electron chi connectivity index (χ1n) is 8.63. The van der Waals surface area contributed by atoms with Crippen molar-refractivity contribution in [2.45, 2.75) is 27.3 Å². The lowest BCUT2D eigenvalue weighted by Crippen LogP contribution is -2.36. The van der Waals surface area contributed by atoms with Crippen molar-refractivity contribution in [3.05, 3.63) is 34.2 Å². The van der Waals surface area contributed by atoms with Crippen molar-refractivity contribution in [1.82, 2.24) is 19.1 Å². The smallest absolute Gasteiger partial charge is 0.351 e. The molecule has 0 radical (unpaired) electrons. The summed E-state index contributed by atoms with van der Waals surface area (Å²) in [5, 5.41) is 5.25. The van der Waals surface area contributed by atoms with Gasteiger partial charge >= 0.3 is 5.69 Å². The highest BCUT2D eigenvalue weighted by molar-refractivity contribution is 5.87. The van der Waals surface area contributed by atoms with Crippen LogP contribution in [0.25, 0.3) is 16.6 Å². The van der Waals surface area contributed by atoms with Crippen molar-refractivity contribution in [1.29, 1.82) is 0 Å². The largest absolute Gasteiger partial charge is 0.454 e. The van der Waals surface area contributed by atoms with Crippen molar-refractivity contribution in [3.8, 4) is 11.5 Å². The number of hydrogen-bond acceptors (Lipinski definition) is 5. The molecule has 1 aliphatic rings. The normalized spacial score (nSPS) is 12.9. The fourth-order valence-corrected chi connectivity index (χ4v) is 3.34. The molecule has 2 aromatic heterocycles. The molecule has 0 spiro atoms.